The van der Waals surface area contributed by atoms with Crippen LogP contribution in [-0.2, 0) is 37.1 Å². The molecule has 16 heteroatoms. The second-order valence-electron chi connectivity index (χ2n) is 13.7. The van der Waals surface area contributed by atoms with Gasteiger partial charge in [0, 0.05) is 62.4 Å². The van der Waals surface area contributed by atoms with Crippen molar-refractivity contribution in [1.82, 2.24) is 35.1 Å². The molecule has 4 aliphatic rings. The largest absolute Gasteiger partial charge is 0.341 e. The molecule has 2 N–H and O–H groups in total. The molecule has 2 spiro atoms. The molecule has 14 nitrogen and oxygen atoms in total. The molecule has 4 aliphatic heterocycles. The zero-order valence-corrected chi connectivity index (χ0v) is 31.8. The predicted octanol–water partition coefficient (Wildman–Crippen LogP) is 2.53. The quantitative estimate of drug-likeness (QED) is 0.339. The Morgan fingerprint density at radius 3 is 1.50 bits per heavy atom. The first kappa shape index (κ1) is 40.3. The molecule has 0 aliphatic carbocycles. The Bertz CT molecular complexity index is 1690. The molecule has 280 valence electrons. The highest BCUT2D eigenvalue weighted by molar-refractivity contribution is 6.30. The summed E-state index contributed by atoms with van der Waals surface area (Å²) in [5.41, 5.74) is 0.159. The monoisotopic (exact) mass is 756 g/mol. The van der Waals surface area contributed by atoms with Crippen LogP contribution in [0.4, 0.5) is 4.79 Å². The first-order valence-electron chi connectivity index (χ1n) is 17.0. The molecular weight excluding hydrogens is 711 g/mol. The summed E-state index contributed by atoms with van der Waals surface area (Å²) in [7, 11) is 2.93. The number of rotatable bonds is 6. The summed E-state index contributed by atoms with van der Waals surface area (Å²) in [6.45, 7) is 10.1. The molecule has 4 saturated heterocycles. The maximum atomic E-state index is 13.2. The van der Waals surface area contributed by atoms with Gasteiger partial charge >= 0.3 is 6.03 Å². The summed E-state index contributed by atoms with van der Waals surface area (Å²) in [6, 6.07) is 14.3. The number of benzene rings is 2. The number of carbonyl (C=O) groups excluding carboxylic acids is 6. The number of amides is 6. The van der Waals surface area contributed by atoms with Crippen molar-refractivity contribution in [1.29, 1.82) is 0 Å². The van der Waals surface area contributed by atoms with Crippen LogP contribution in [0.2, 0.25) is 10.0 Å². The van der Waals surface area contributed by atoms with Gasteiger partial charge in [-0.2, -0.15) is 0 Å². The number of likely N-dealkylation sites (tertiary alicyclic amines) is 1. The summed E-state index contributed by atoms with van der Waals surface area (Å²) in [5.74, 6) is -0.148. The fourth-order valence-corrected chi connectivity index (χ4v) is 6.86. The fourth-order valence-electron chi connectivity index (χ4n) is 6.60. The van der Waals surface area contributed by atoms with Crippen molar-refractivity contribution in [3.63, 3.8) is 0 Å². The molecule has 4 fully saturated rings. The van der Waals surface area contributed by atoms with Crippen molar-refractivity contribution >= 4 is 58.9 Å². The molecule has 4 heterocycles. The normalized spacial score (nSPS) is 18.7. The lowest BCUT2D eigenvalue weighted by Crippen LogP contribution is -2.81. The van der Waals surface area contributed by atoms with Crippen molar-refractivity contribution in [2.75, 3.05) is 53.4 Å². The van der Waals surface area contributed by atoms with E-state index < -0.39 is 11.1 Å². The molecule has 0 aromatic heterocycles. The molecule has 6 amide bonds. The van der Waals surface area contributed by atoms with Gasteiger partial charge < -0.3 is 35.1 Å². The van der Waals surface area contributed by atoms with Crippen LogP contribution >= 0.6 is 23.2 Å². The molecule has 0 atom stereocenters. The number of carbonyl (C=O) groups is 5. The molecule has 2 aromatic rings. The number of halogens is 2. The van der Waals surface area contributed by atoms with Crippen LogP contribution in [0.15, 0.2) is 53.5 Å². The Labute approximate surface area is 314 Å². The SMILES string of the molecule is CC(C)N1CC(=O)N(Cc2ccc(Cl)cc2)C2(CNC2)C1=O.CN=C=O.CNC(=O)N1CC2(C1)C(=O)N(C(C)C)CC(=O)N2Cc1ccc(Cl)cc1. The molecular formula is C36H46Cl2N8O6. The van der Waals surface area contributed by atoms with Gasteiger partial charge in [0.15, 0.2) is 5.54 Å². The van der Waals surface area contributed by atoms with E-state index in [4.69, 9.17) is 28.0 Å². The predicted molar refractivity (Wildman–Crippen MR) is 196 cm³/mol. The third-order valence-electron chi connectivity index (χ3n) is 9.65. The summed E-state index contributed by atoms with van der Waals surface area (Å²) < 4.78 is 0. The topological polar surface area (TPSA) is 155 Å². The van der Waals surface area contributed by atoms with Crippen LogP contribution in [0.25, 0.3) is 0 Å². The van der Waals surface area contributed by atoms with Crippen LogP contribution in [0.1, 0.15) is 38.8 Å². The van der Waals surface area contributed by atoms with E-state index in [1.54, 1.807) is 55.8 Å². The molecule has 52 heavy (non-hydrogen) atoms. The minimum Gasteiger partial charge on any atom is -0.341 e. The number of hydrogen-bond acceptors (Lipinski definition) is 8. The highest BCUT2D eigenvalue weighted by Crippen LogP contribution is 2.36. The highest BCUT2D eigenvalue weighted by Gasteiger charge is 2.61. The number of piperazine rings is 2. The van der Waals surface area contributed by atoms with Gasteiger partial charge in [0.25, 0.3) is 11.8 Å². The van der Waals surface area contributed by atoms with Gasteiger partial charge in [0.2, 0.25) is 17.9 Å². The smallest absolute Gasteiger partial charge is 0.317 e. The minimum absolute atomic E-state index is 0.00440. The number of nitrogens with zero attached hydrogens (tertiary/aromatic N) is 6. The Kier molecular flexibility index (Phi) is 13.1. The average molecular weight is 758 g/mol. The lowest BCUT2D eigenvalue weighted by atomic mass is 9.83. The van der Waals surface area contributed by atoms with E-state index in [9.17, 15) is 24.0 Å². The van der Waals surface area contributed by atoms with Gasteiger partial charge in [-0.25, -0.2) is 14.6 Å². The summed E-state index contributed by atoms with van der Waals surface area (Å²) >= 11 is 11.8. The first-order chi connectivity index (χ1) is 24.6. The van der Waals surface area contributed by atoms with E-state index in [1.165, 1.54) is 13.1 Å². The number of isocyanates is 1. The van der Waals surface area contributed by atoms with Gasteiger partial charge in [0.1, 0.15) is 18.6 Å². The van der Waals surface area contributed by atoms with Crippen molar-refractivity contribution in [3.05, 3.63) is 69.7 Å². The third kappa shape index (κ3) is 8.25. The lowest BCUT2D eigenvalue weighted by molar-refractivity contribution is -0.178. The highest BCUT2D eigenvalue weighted by atomic mass is 35.5. The van der Waals surface area contributed by atoms with E-state index in [1.807, 2.05) is 52.0 Å². The van der Waals surface area contributed by atoms with Gasteiger partial charge in [-0.15, -0.1) is 0 Å². The third-order valence-corrected chi connectivity index (χ3v) is 10.2. The molecule has 2 aromatic carbocycles. The van der Waals surface area contributed by atoms with E-state index in [0.29, 0.717) is 36.2 Å². The van der Waals surface area contributed by atoms with Gasteiger partial charge in [-0.3, -0.25) is 19.2 Å². The summed E-state index contributed by atoms with van der Waals surface area (Å²) in [6.07, 6.45) is 1.31. The Morgan fingerprint density at radius 2 is 1.17 bits per heavy atom. The van der Waals surface area contributed by atoms with Gasteiger partial charge in [-0.1, -0.05) is 47.5 Å². The van der Waals surface area contributed by atoms with E-state index in [0.717, 1.165) is 11.1 Å². The number of urea groups is 1. The zero-order valence-electron chi connectivity index (χ0n) is 30.3. The number of hydrogen-bond donors (Lipinski definition) is 2. The van der Waals surface area contributed by atoms with Crippen LogP contribution in [0.5, 0.6) is 0 Å². The average Bonchev–Trinajstić information content (AvgIpc) is 3.08. The van der Waals surface area contributed by atoms with E-state index >= 15 is 0 Å². The molecule has 0 bridgehead atoms. The minimum atomic E-state index is -0.994. The lowest BCUT2D eigenvalue weighted by Gasteiger charge is -2.58. The second-order valence-corrected chi connectivity index (χ2v) is 14.5. The maximum Gasteiger partial charge on any atom is 0.317 e. The first-order valence-corrected chi connectivity index (χ1v) is 17.7. The van der Waals surface area contributed by atoms with Crippen LogP contribution < -0.4 is 10.6 Å². The fraction of sp³-hybridized carbons (Fsp3) is 0.500. The van der Waals surface area contributed by atoms with Gasteiger partial charge in [0.05, 0.1) is 13.1 Å². The van der Waals surface area contributed by atoms with Crippen molar-refractivity contribution < 1.29 is 28.8 Å². The van der Waals surface area contributed by atoms with Crippen molar-refractivity contribution in [2.45, 2.75) is 63.9 Å². The van der Waals surface area contributed by atoms with Crippen LogP contribution in [0, 0.1) is 0 Å². The van der Waals surface area contributed by atoms with E-state index in [2.05, 4.69) is 15.6 Å². The molecule has 0 radical (unpaired) electrons. The zero-order chi connectivity index (χ0) is 38.4. The second kappa shape index (κ2) is 16.9. The Morgan fingerprint density at radius 1 is 0.788 bits per heavy atom. The van der Waals surface area contributed by atoms with Crippen molar-refractivity contribution in [2.24, 2.45) is 4.99 Å². The Balaban J connectivity index is 0.000000213. The maximum absolute atomic E-state index is 13.2. The summed E-state index contributed by atoms with van der Waals surface area (Å²) in [4.78, 5) is 83.4. The number of aliphatic imine (C=N–C) groups is 1. The van der Waals surface area contributed by atoms with Crippen LogP contribution in [-0.4, -0.2) is 137 Å². The number of nitrogens with one attached hydrogen (secondary N) is 2. The summed E-state index contributed by atoms with van der Waals surface area (Å²) in [5, 5.41) is 6.99. The van der Waals surface area contributed by atoms with E-state index in [-0.39, 0.29) is 67.9 Å². The molecule has 0 unspecified atom stereocenters. The molecule has 0 saturated carbocycles. The van der Waals surface area contributed by atoms with Crippen molar-refractivity contribution in [3.8, 4) is 0 Å². The molecule has 6 rings (SSSR count). The Hall–Kier alpha value is -4.49. The standard InChI is InChI=1S/C18H23ClN4O3.C16H20ClN3O2.C2H3NO/c1-12(2)22-9-15(24)23(8-13-4-6-14(19)7-5-13)18(16(22)25)10-21(11-18)17(26)20-3;1-11(2)19-8-14(21)20(16(15(19)22)9-18-10-16)7-12-3-5-13(17)6-4-12;1-3-2-4/h4-7,12H,8-11H2,1-3H3,(H,20,26);3-6,11,18H,7-10H2,1-2H3;1H3. The van der Waals surface area contributed by atoms with Crippen LogP contribution in [0.3, 0.4) is 0 Å². The van der Waals surface area contributed by atoms with Gasteiger partial charge in [-0.05, 0) is 63.1 Å².